The van der Waals surface area contributed by atoms with Crippen molar-refractivity contribution in [2.45, 2.75) is 10.6 Å². The number of sulfone groups is 1. The number of fused-ring (bicyclic) bond motifs is 1. The van der Waals surface area contributed by atoms with Crippen LogP contribution in [0.3, 0.4) is 0 Å². The van der Waals surface area contributed by atoms with E-state index in [1.54, 1.807) is 41.3 Å². The summed E-state index contributed by atoms with van der Waals surface area (Å²) in [5.41, 5.74) is 0.420. The summed E-state index contributed by atoms with van der Waals surface area (Å²) in [6.45, 7) is 3.26. The SMILES string of the molecule is Cl.O=C(c1occc1CS(=O)(=O)c1ccccc1)N1C[C@H]2CNC[C@H]2C1. The summed E-state index contributed by atoms with van der Waals surface area (Å²) in [6.07, 6.45) is 1.39. The molecule has 2 aliphatic rings. The Morgan fingerprint density at radius 1 is 1.12 bits per heavy atom. The standard InChI is InChI=1S/C18H20N2O4S.ClH/c21-18(20-10-14-8-19-9-15(14)11-20)17-13(6-7-24-17)12-25(22,23)16-4-2-1-3-5-16;/h1-7,14-15,19H,8-12H2;1H/t14-,15+;. The van der Waals surface area contributed by atoms with Crippen molar-refractivity contribution < 1.29 is 17.6 Å². The largest absolute Gasteiger partial charge is 0.459 e. The molecule has 0 spiro atoms. The molecule has 0 saturated carbocycles. The maximum atomic E-state index is 12.8. The molecule has 0 radical (unpaired) electrons. The number of likely N-dealkylation sites (tertiary alicyclic amines) is 1. The number of amides is 1. The van der Waals surface area contributed by atoms with Crippen LogP contribution in [-0.2, 0) is 15.6 Å². The summed E-state index contributed by atoms with van der Waals surface area (Å²) < 4.78 is 30.5. The van der Waals surface area contributed by atoms with Crippen LogP contribution in [0.25, 0.3) is 0 Å². The topological polar surface area (TPSA) is 79.6 Å². The minimum atomic E-state index is -3.52. The number of carbonyl (C=O) groups is 1. The summed E-state index contributed by atoms with van der Waals surface area (Å²) in [5, 5.41) is 3.34. The van der Waals surface area contributed by atoms with Crippen molar-refractivity contribution in [2.24, 2.45) is 11.8 Å². The van der Waals surface area contributed by atoms with Crippen LogP contribution in [0.1, 0.15) is 16.1 Å². The first-order chi connectivity index (χ1) is 12.0. The highest BCUT2D eigenvalue weighted by atomic mass is 35.5. The van der Waals surface area contributed by atoms with Gasteiger partial charge in [0.15, 0.2) is 15.6 Å². The zero-order valence-electron chi connectivity index (χ0n) is 14.1. The van der Waals surface area contributed by atoms with Gasteiger partial charge in [-0.05, 0) is 30.0 Å². The summed E-state index contributed by atoms with van der Waals surface area (Å²) in [4.78, 5) is 14.8. The molecule has 4 rings (SSSR count). The van der Waals surface area contributed by atoms with Crippen molar-refractivity contribution in [2.75, 3.05) is 26.2 Å². The van der Waals surface area contributed by atoms with Gasteiger partial charge in [-0.2, -0.15) is 0 Å². The lowest BCUT2D eigenvalue weighted by Gasteiger charge is -2.16. The molecule has 1 aromatic carbocycles. The fourth-order valence-corrected chi connectivity index (χ4v) is 5.09. The van der Waals surface area contributed by atoms with Gasteiger partial charge in [0, 0.05) is 31.7 Å². The third kappa shape index (κ3) is 3.51. The number of halogens is 1. The molecule has 1 aromatic heterocycles. The van der Waals surface area contributed by atoms with Gasteiger partial charge in [0.25, 0.3) is 5.91 Å². The molecule has 2 aliphatic heterocycles. The van der Waals surface area contributed by atoms with Crippen molar-refractivity contribution in [1.29, 1.82) is 0 Å². The highest BCUT2D eigenvalue weighted by molar-refractivity contribution is 7.90. The van der Waals surface area contributed by atoms with Gasteiger partial charge in [-0.3, -0.25) is 4.79 Å². The maximum Gasteiger partial charge on any atom is 0.289 e. The number of hydrogen-bond donors (Lipinski definition) is 1. The molecule has 0 aliphatic carbocycles. The van der Waals surface area contributed by atoms with E-state index in [1.807, 2.05) is 0 Å². The van der Waals surface area contributed by atoms with E-state index >= 15 is 0 Å². The first-order valence-corrected chi connectivity index (χ1v) is 10.0. The molecule has 6 nitrogen and oxygen atoms in total. The van der Waals surface area contributed by atoms with E-state index in [0.29, 0.717) is 30.5 Å². The van der Waals surface area contributed by atoms with Crippen molar-refractivity contribution >= 4 is 28.2 Å². The molecule has 2 fully saturated rings. The number of benzene rings is 1. The molecule has 1 amide bonds. The number of hydrogen-bond acceptors (Lipinski definition) is 5. The minimum absolute atomic E-state index is 0. The van der Waals surface area contributed by atoms with E-state index < -0.39 is 9.84 Å². The Morgan fingerprint density at radius 2 is 1.77 bits per heavy atom. The highest BCUT2D eigenvalue weighted by Gasteiger charge is 2.39. The van der Waals surface area contributed by atoms with Gasteiger partial charge >= 0.3 is 0 Å². The molecule has 2 saturated heterocycles. The van der Waals surface area contributed by atoms with Crippen molar-refractivity contribution in [3.8, 4) is 0 Å². The highest BCUT2D eigenvalue weighted by Crippen LogP contribution is 2.29. The number of nitrogens with one attached hydrogen (secondary N) is 1. The van der Waals surface area contributed by atoms with Crippen LogP contribution in [-0.4, -0.2) is 45.4 Å². The molecular weight excluding hydrogens is 376 g/mol. The first kappa shape index (κ1) is 18.9. The van der Waals surface area contributed by atoms with Crippen molar-refractivity contribution in [1.82, 2.24) is 10.2 Å². The molecule has 8 heteroatoms. The molecule has 140 valence electrons. The van der Waals surface area contributed by atoms with Crippen LogP contribution in [0.2, 0.25) is 0 Å². The summed E-state index contributed by atoms with van der Waals surface area (Å²) in [5.74, 6) is 0.660. The van der Waals surface area contributed by atoms with Gasteiger partial charge in [0.2, 0.25) is 0 Å². The fourth-order valence-electron chi connectivity index (χ4n) is 3.72. The van der Waals surface area contributed by atoms with Gasteiger partial charge in [0.1, 0.15) is 0 Å². The van der Waals surface area contributed by atoms with Crippen molar-refractivity contribution in [3.63, 3.8) is 0 Å². The van der Waals surface area contributed by atoms with E-state index in [4.69, 9.17) is 4.42 Å². The summed E-state index contributed by atoms with van der Waals surface area (Å²) in [7, 11) is -3.52. The molecule has 26 heavy (non-hydrogen) atoms. The average molecular weight is 397 g/mol. The molecule has 2 atom stereocenters. The Bertz CT molecular complexity index is 870. The van der Waals surface area contributed by atoms with Crippen LogP contribution >= 0.6 is 12.4 Å². The van der Waals surface area contributed by atoms with Crippen LogP contribution in [0.15, 0.2) is 52.0 Å². The lowest BCUT2D eigenvalue weighted by molar-refractivity contribution is 0.0749. The zero-order chi connectivity index (χ0) is 17.4. The molecule has 0 unspecified atom stereocenters. The number of rotatable bonds is 4. The smallest absolute Gasteiger partial charge is 0.289 e. The van der Waals surface area contributed by atoms with E-state index in [-0.39, 0.29) is 34.7 Å². The third-order valence-corrected chi connectivity index (χ3v) is 6.75. The Kier molecular flexibility index (Phi) is 5.41. The molecule has 0 bridgehead atoms. The zero-order valence-corrected chi connectivity index (χ0v) is 15.8. The fraction of sp³-hybridized carbons (Fsp3) is 0.389. The first-order valence-electron chi connectivity index (χ1n) is 8.39. The predicted molar refractivity (Wildman–Crippen MR) is 99.0 cm³/mol. The molecule has 1 N–H and O–H groups in total. The van der Waals surface area contributed by atoms with E-state index in [2.05, 4.69) is 5.32 Å². The predicted octanol–water partition coefficient (Wildman–Crippen LogP) is 1.97. The number of carbonyl (C=O) groups excluding carboxylic acids is 1. The van der Waals surface area contributed by atoms with Crippen LogP contribution in [0, 0.1) is 11.8 Å². The molecule has 2 aromatic rings. The van der Waals surface area contributed by atoms with Gasteiger partial charge in [-0.15, -0.1) is 12.4 Å². The van der Waals surface area contributed by atoms with Crippen LogP contribution in [0.5, 0.6) is 0 Å². The monoisotopic (exact) mass is 396 g/mol. The maximum absolute atomic E-state index is 12.8. The van der Waals surface area contributed by atoms with Gasteiger partial charge in [-0.25, -0.2) is 8.42 Å². The molecular formula is C18H21ClN2O4S. The lowest BCUT2D eigenvalue weighted by atomic mass is 10.0. The Balaban J connectivity index is 0.00000196. The number of furan rings is 1. The Labute approximate surface area is 158 Å². The second-order valence-corrected chi connectivity index (χ2v) is 8.73. The van der Waals surface area contributed by atoms with Crippen LogP contribution < -0.4 is 5.32 Å². The third-order valence-electron chi connectivity index (χ3n) is 5.07. The molecule has 3 heterocycles. The average Bonchev–Trinajstić information content (AvgIpc) is 3.30. The van der Waals surface area contributed by atoms with E-state index in [9.17, 15) is 13.2 Å². The van der Waals surface area contributed by atoms with E-state index in [1.165, 1.54) is 6.26 Å². The normalized spacial score (nSPS) is 22.1. The summed E-state index contributed by atoms with van der Waals surface area (Å²) in [6, 6.07) is 9.84. The number of nitrogens with zero attached hydrogens (tertiary/aromatic N) is 1. The summed E-state index contributed by atoms with van der Waals surface area (Å²) >= 11 is 0. The second kappa shape index (κ2) is 7.42. The van der Waals surface area contributed by atoms with Gasteiger partial charge < -0.3 is 14.6 Å². The van der Waals surface area contributed by atoms with Gasteiger partial charge in [-0.1, -0.05) is 18.2 Å². The Hall–Kier alpha value is -1.83. The van der Waals surface area contributed by atoms with E-state index in [0.717, 1.165) is 13.1 Å². The minimum Gasteiger partial charge on any atom is -0.459 e. The Morgan fingerprint density at radius 3 is 2.42 bits per heavy atom. The van der Waals surface area contributed by atoms with Crippen molar-refractivity contribution in [3.05, 3.63) is 54.0 Å². The van der Waals surface area contributed by atoms with Gasteiger partial charge in [0.05, 0.1) is 16.9 Å². The lowest BCUT2D eigenvalue weighted by Crippen LogP contribution is -2.32. The quantitative estimate of drug-likeness (QED) is 0.854. The second-order valence-electron chi connectivity index (χ2n) is 6.74. The van der Waals surface area contributed by atoms with Crippen LogP contribution in [0.4, 0.5) is 0 Å².